The number of alkyl halides is 2. The first-order valence-corrected chi connectivity index (χ1v) is 11.7. The predicted octanol–water partition coefficient (Wildman–Crippen LogP) is 4.80. The molecule has 0 aromatic heterocycles. The van der Waals surface area contributed by atoms with E-state index in [4.69, 9.17) is 21.2 Å². The van der Waals surface area contributed by atoms with E-state index in [1.165, 1.54) is 32.1 Å². The van der Waals surface area contributed by atoms with Crippen molar-refractivity contribution >= 4 is 34.2 Å². The normalized spacial score (nSPS) is 63.4. The second-order valence-corrected chi connectivity index (χ2v) is 12.0. The number of nitrogens with zero attached hydrogens (tertiary/aromatic N) is 1. The molecular weight excluding hydrogens is 449 g/mol. The van der Waals surface area contributed by atoms with Crippen molar-refractivity contribution < 1.29 is 9.57 Å². The van der Waals surface area contributed by atoms with Crippen LogP contribution in [0, 0.1) is 22.7 Å². The molecule has 5 heteroatoms. The zero-order valence-electron chi connectivity index (χ0n) is 15.9. The van der Waals surface area contributed by atoms with Crippen LogP contribution >= 0.6 is 34.2 Å². The Hall–Kier alpha value is 0.900. The molecule has 0 amide bonds. The van der Waals surface area contributed by atoms with Crippen LogP contribution < -0.4 is 0 Å². The van der Waals surface area contributed by atoms with E-state index in [9.17, 15) is 0 Å². The van der Waals surface area contributed by atoms with Gasteiger partial charge in [0.1, 0.15) is 0 Å². The highest BCUT2D eigenvalue weighted by Crippen LogP contribution is 2.75. The quantitative estimate of drug-likeness (QED) is 0.398. The van der Waals surface area contributed by atoms with E-state index in [0.29, 0.717) is 29.2 Å². The van der Waals surface area contributed by atoms with Crippen molar-refractivity contribution in [3.05, 3.63) is 0 Å². The third kappa shape index (κ3) is 1.69. The summed E-state index contributed by atoms with van der Waals surface area (Å²) in [6.45, 7) is 7.39. The minimum Gasteiger partial charge on any atom is -0.372 e. The zero-order valence-corrected chi connectivity index (χ0v) is 18.8. The van der Waals surface area contributed by atoms with Crippen molar-refractivity contribution in [3.8, 4) is 0 Å². The number of hydrogen-bond acceptors (Lipinski definition) is 3. The number of hydroxylamine groups is 2. The van der Waals surface area contributed by atoms with Gasteiger partial charge in [0, 0.05) is 18.3 Å². The molecule has 5 fully saturated rings. The Bertz CT molecular complexity index is 606. The average molecular weight is 480 g/mol. The van der Waals surface area contributed by atoms with Gasteiger partial charge >= 0.3 is 0 Å². The van der Waals surface area contributed by atoms with Gasteiger partial charge in [0.25, 0.3) is 0 Å². The van der Waals surface area contributed by atoms with Crippen molar-refractivity contribution in [1.82, 2.24) is 5.06 Å². The van der Waals surface area contributed by atoms with Gasteiger partial charge < -0.3 is 4.74 Å². The maximum Gasteiger partial charge on any atom is 0.0967 e. The van der Waals surface area contributed by atoms with Crippen LogP contribution in [0.2, 0.25) is 0 Å². The smallest absolute Gasteiger partial charge is 0.0967 e. The molecule has 5 rings (SSSR count). The molecule has 9 atom stereocenters. The number of fused-ring (bicyclic) bond motifs is 1. The fraction of sp³-hybridized carbons (Fsp3) is 1.00. The molecule has 0 aromatic carbocycles. The second kappa shape index (κ2) is 5.28. The highest BCUT2D eigenvalue weighted by Gasteiger charge is 2.80. The first-order valence-electron chi connectivity index (χ1n) is 10.1. The highest BCUT2D eigenvalue weighted by molar-refractivity contribution is 14.1. The van der Waals surface area contributed by atoms with E-state index in [2.05, 4.69) is 55.5 Å². The lowest BCUT2D eigenvalue weighted by Gasteiger charge is -2.68. The summed E-state index contributed by atoms with van der Waals surface area (Å²) in [5, 5.41) is 2.34. The molecule has 0 radical (unpaired) electrons. The van der Waals surface area contributed by atoms with Crippen LogP contribution in [-0.4, -0.2) is 45.3 Å². The Balaban J connectivity index is 1.73. The molecule has 0 N–H and O–H groups in total. The van der Waals surface area contributed by atoms with Crippen molar-refractivity contribution in [1.29, 1.82) is 0 Å². The Labute approximate surface area is 170 Å². The maximum atomic E-state index is 6.72. The highest BCUT2D eigenvalue weighted by atomic mass is 127. The predicted molar refractivity (Wildman–Crippen MR) is 108 cm³/mol. The van der Waals surface area contributed by atoms with Crippen LogP contribution in [0.4, 0.5) is 0 Å². The lowest BCUT2D eigenvalue weighted by atomic mass is 9.45. The molecule has 2 heterocycles. The molecule has 2 aliphatic heterocycles. The minimum atomic E-state index is 0.145. The summed E-state index contributed by atoms with van der Waals surface area (Å²) in [4.78, 5) is 6.72. The van der Waals surface area contributed by atoms with Gasteiger partial charge in [0.2, 0.25) is 0 Å². The van der Waals surface area contributed by atoms with Gasteiger partial charge in [-0.2, -0.15) is 5.06 Å². The molecule has 3 saturated carbocycles. The molecule has 3 aliphatic carbocycles. The molecule has 25 heavy (non-hydrogen) atoms. The molecule has 4 bridgehead atoms. The van der Waals surface area contributed by atoms with Crippen molar-refractivity contribution in [3.63, 3.8) is 0 Å². The minimum absolute atomic E-state index is 0.145. The second-order valence-electron chi connectivity index (χ2n) is 9.87. The van der Waals surface area contributed by atoms with Crippen LogP contribution in [-0.2, 0) is 9.57 Å². The van der Waals surface area contributed by atoms with E-state index in [1.807, 2.05) is 0 Å². The SMILES string of the molecule is CC1CCC23CCC[C@]24N(C)O[C@H](C[C@@]2(C)C(CCl)O[C@H]2[C@@H]3C)C14I. The summed E-state index contributed by atoms with van der Waals surface area (Å²) >= 11 is 9.16. The maximum absolute atomic E-state index is 6.72. The van der Waals surface area contributed by atoms with E-state index in [-0.39, 0.29) is 26.6 Å². The molecular formula is C20H31ClINO2. The largest absolute Gasteiger partial charge is 0.372 e. The number of rotatable bonds is 1. The first kappa shape index (κ1) is 18.0. The molecule has 1 spiro atoms. The van der Waals surface area contributed by atoms with E-state index in [1.54, 1.807) is 0 Å². The summed E-state index contributed by atoms with van der Waals surface area (Å²) in [5.74, 6) is 1.85. The van der Waals surface area contributed by atoms with Crippen LogP contribution in [0.15, 0.2) is 0 Å². The lowest BCUT2D eigenvalue weighted by molar-refractivity contribution is -0.285. The summed E-state index contributed by atoms with van der Waals surface area (Å²) in [5.41, 5.74) is 0.624. The molecule has 2 saturated heterocycles. The average Bonchev–Trinajstić information content (AvgIpc) is 3.07. The molecule has 142 valence electrons. The Kier molecular flexibility index (Phi) is 3.79. The number of hydrogen-bond donors (Lipinski definition) is 0. The Morgan fingerprint density at radius 2 is 2.00 bits per heavy atom. The van der Waals surface area contributed by atoms with Gasteiger partial charge in [-0.3, -0.25) is 4.84 Å². The van der Waals surface area contributed by atoms with Gasteiger partial charge in [-0.15, -0.1) is 11.6 Å². The Morgan fingerprint density at radius 1 is 1.24 bits per heavy atom. The summed E-state index contributed by atoms with van der Waals surface area (Å²) in [6, 6.07) is 0. The summed E-state index contributed by atoms with van der Waals surface area (Å²) in [7, 11) is 2.23. The molecule has 0 aromatic rings. The lowest BCUT2D eigenvalue weighted by Crippen LogP contribution is -2.76. The monoisotopic (exact) mass is 479 g/mol. The fourth-order valence-electron chi connectivity index (χ4n) is 8.22. The van der Waals surface area contributed by atoms with Crippen LogP contribution in [0.1, 0.15) is 59.3 Å². The molecule has 4 unspecified atom stereocenters. The van der Waals surface area contributed by atoms with E-state index >= 15 is 0 Å². The molecule has 3 nitrogen and oxygen atoms in total. The van der Waals surface area contributed by atoms with E-state index < -0.39 is 0 Å². The van der Waals surface area contributed by atoms with Crippen LogP contribution in [0.5, 0.6) is 0 Å². The van der Waals surface area contributed by atoms with Gasteiger partial charge in [-0.1, -0.05) is 49.8 Å². The number of ether oxygens (including phenoxy) is 1. The fourth-order valence-corrected chi connectivity index (χ4v) is 10.4. The zero-order chi connectivity index (χ0) is 17.8. The number of halogens is 2. The summed E-state index contributed by atoms with van der Waals surface area (Å²) < 4.78 is 6.64. The van der Waals surface area contributed by atoms with Crippen molar-refractivity contribution in [2.75, 3.05) is 12.9 Å². The van der Waals surface area contributed by atoms with Crippen LogP contribution in [0.3, 0.4) is 0 Å². The first-order chi connectivity index (χ1) is 11.8. The van der Waals surface area contributed by atoms with E-state index in [0.717, 1.165) is 6.42 Å². The van der Waals surface area contributed by atoms with Crippen molar-refractivity contribution in [2.45, 2.75) is 86.6 Å². The van der Waals surface area contributed by atoms with Crippen LogP contribution in [0.25, 0.3) is 0 Å². The Morgan fingerprint density at radius 3 is 2.72 bits per heavy atom. The third-order valence-corrected chi connectivity index (χ3v) is 12.4. The van der Waals surface area contributed by atoms with Gasteiger partial charge in [-0.25, -0.2) is 0 Å². The van der Waals surface area contributed by atoms with Gasteiger partial charge in [-0.05, 0) is 49.4 Å². The molecule has 5 aliphatic rings. The topological polar surface area (TPSA) is 21.7 Å². The van der Waals surface area contributed by atoms with Gasteiger partial charge in [0.15, 0.2) is 0 Å². The van der Waals surface area contributed by atoms with Gasteiger partial charge in [0.05, 0.1) is 27.3 Å². The third-order valence-electron chi connectivity index (χ3n) is 9.44. The summed E-state index contributed by atoms with van der Waals surface area (Å²) in [6.07, 6.45) is 8.44. The standard InChI is InChI=1S/C20H31ClINO2/c1-12-6-9-18-7-5-8-19(18)20(12,22)14(25-23(19)4)10-17(3)15(11-21)24-16(17)13(18)2/h12-16H,5-11H2,1-4H3/t12?,13-,14+,15?,16-,17-,18?,19-,20?/m0/s1. The van der Waals surface area contributed by atoms with Crippen molar-refractivity contribution in [2.24, 2.45) is 22.7 Å².